The van der Waals surface area contributed by atoms with Crippen LogP contribution >= 0.6 is 12.4 Å². The van der Waals surface area contributed by atoms with Crippen molar-refractivity contribution in [2.75, 3.05) is 7.05 Å². The summed E-state index contributed by atoms with van der Waals surface area (Å²) in [5.41, 5.74) is 1.34. The Bertz CT molecular complexity index is 447. The van der Waals surface area contributed by atoms with Gasteiger partial charge >= 0.3 is 0 Å². The molecule has 4 atom stereocenters. The molecule has 0 aliphatic carbocycles. The maximum atomic E-state index is 12.0. The van der Waals surface area contributed by atoms with Crippen LogP contribution in [0.2, 0.25) is 0 Å². The molecule has 2 aliphatic heterocycles. The molecule has 3 rings (SSSR count). The summed E-state index contributed by atoms with van der Waals surface area (Å²) < 4.78 is 0. The zero-order chi connectivity index (χ0) is 12.7. The van der Waals surface area contributed by atoms with Crippen LogP contribution in [-0.2, 0) is 4.79 Å². The van der Waals surface area contributed by atoms with Gasteiger partial charge in [-0.1, -0.05) is 30.3 Å². The van der Waals surface area contributed by atoms with E-state index in [1.54, 1.807) is 6.92 Å². The number of rotatable bonds is 2. The van der Waals surface area contributed by atoms with Crippen molar-refractivity contribution in [1.29, 1.82) is 0 Å². The molecule has 0 saturated carbocycles. The zero-order valence-corrected chi connectivity index (χ0v) is 12.4. The highest BCUT2D eigenvalue weighted by molar-refractivity contribution is 5.85. The van der Waals surface area contributed by atoms with Crippen LogP contribution in [0.25, 0.3) is 0 Å². The van der Waals surface area contributed by atoms with Gasteiger partial charge in [0, 0.05) is 23.9 Å². The van der Waals surface area contributed by atoms with E-state index in [1.807, 2.05) is 0 Å². The summed E-state index contributed by atoms with van der Waals surface area (Å²) in [5, 5.41) is 0. The molecular formula is C16H22ClNO. The first-order valence-corrected chi connectivity index (χ1v) is 6.96. The number of piperidine rings is 1. The Kier molecular flexibility index (Phi) is 4.32. The second-order valence-corrected chi connectivity index (χ2v) is 5.85. The quantitative estimate of drug-likeness (QED) is 0.828. The van der Waals surface area contributed by atoms with Gasteiger partial charge in [0.25, 0.3) is 0 Å². The van der Waals surface area contributed by atoms with Crippen molar-refractivity contribution < 1.29 is 4.79 Å². The van der Waals surface area contributed by atoms with Gasteiger partial charge in [0.15, 0.2) is 0 Å². The number of ketones is 1. The van der Waals surface area contributed by atoms with Crippen LogP contribution in [0.3, 0.4) is 0 Å². The molecule has 2 fully saturated rings. The third kappa shape index (κ3) is 2.44. The first-order chi connectivity index (χ1) is 8.68. The van der Waals surface area contributed by atoms with Crippen molar-refractivity contribution in [2.45, 2.75) is 44.2 Å². The summed E-state index contributed by atoms with van der Waals surface area (Å²) in [7, 11) is 2.23. The normalized spacial score (nSPS) is 33.8. The van der Waals surface area contributed by atoms with Gasteiger partial charge in [-0.3, -0.25) is 9.69 Å². The molecule has 2 nitrogen and oxygen atoms in total. The van der Waals surface area contributed by atoms with Gasteiger partial charge in [-0.2, -0.15) is 0 Å². The Morgan fingerprint density at radius 3 is 2.53 bits per heavy atom. The Morgan fingerprint density at radius 1 is 1.21 bits per heavy atom. The van der Waals surface area contributed by atoms with Crippen LogP contribution in [0.4, 0.5) is 0 Å². The predicted molar refractivity (Wildman–Crippen MR) is 79.8 cm³/mol. The predicted octanol–water partition coefficient (Wildman–Crippen LogP) is 3.26. The minimum atomic E-state index is 0. The summed E-state index contributed by atoms with van der Waals surface area (Å²) in [6.45, 7) is 1.77. The molecule has 104 valence electrons. The Labute approximate surface area is 121 Å². The van der Waals surface area contributed by atoms with Crippen LogP contribution in [0.5, 0.6) is 0 Å². The fourth-order valence-corrected chi connectivity index (χ4v) is 4.01. The maximum absolute atomic E-state index is 12.0. The molecule has 2 aliphatic rings. The molecule has 2 saturated heterocycles. The van der Waals surface area contributed by atoms with Gasteiger partial charge in [0.05, 0.1) is 0 Å². The van der Waals surface area contributed by atoms with E-state index >= 15 is 0 Å². The Hall–Kier alpha value is -0.860. The number of hydrogen-bond donors (Lipinski definition) is 0. The average molecular weight is 280 g/mol. The number of nitrogens with zero attached hydrogens (tertiary/aromatic N) is 1. The fourth-order valence-electron chi connectivity index (χ4n) is 4.01. The minimum absolute atomic E-state index is 0. The van der Waals surface area contributed by atoms with Crippen LogP contribution in [0.1, 0.15) is 37.7 Å². The van der Waals surface area contributed by atoms with Gasteiger partial charge in [0.1, 0.15) is 5.78 Å². The van der Waals surface area contributed by atoms with E-state index in [0.29, 0.717) is 23.8 Å². The molecule has 0 amide bonds. The summed E-state index contributed by atoms with van der Waals surface area (Å²) in [6, 6.07) is 11.8. The molecule has 3 heteroatoms. The number of likely N-dealkylation sites (N-methyl/N-ethyl adjacent to an activating group) is 1. The van der Waals surface area contributed by atoms with Crippen molar-refractivity contribution in [3.8, 4) is 0 Å². The van der Waals surface area contributed by atoms with E-state index in [0.717, 1.165) is 6.42 Å². The van der Waals surface area contributed by atoms with E-state index in [1.165, 1.54) is 18.4 Å². The van der Waals surface area contributed by atoms with Crippen LogP contribution in [0.15, 0.2) is 30.3 Å². The minimum Gasteiger partial charge on any atom is -0.300 e. The number of carbonyl (C=O) groups is 1. The van der Waals surface area contributed by atoms with Crippen molar-refractivity contribution in [1.82, 2.24) is 4.90 Å². The lowest BCUT2D eigenvalue weighted by Crippen LogP contribution is -2.47. The molecular weight excluding hydrogens is 258 g/mol. The summed E-state index contributed by atoms with van der Waals surface area (Å²) >= 11 is 0. The molecule has 0 spiro atoms. The van der Waals surface area contributed by atoms with E-state index in [2.05, 4.69) is 42.3 Å². The number of halogens is 1. The lowest BCUT2D eigenvalue weighted by molar-refractivity contribution is -0.123. The van der Waals surface area contributed by atoms with E-state index in [9.17, 15) is 4.79 Å². The topological polar surface area (TPSA) is 20.3 Å². The highest BCUT2D eigenvalue weighted by Crippen LogP contribution is 2.46. The standard InChI is InChI=1S/C16H21NO.ClH/c1-11(18)14-10-13-8-9-15(17(13)2)16(14)12-6-4-3-5-7-12;/h3-7,13-16H,8-10H2,1-2H3;1H/t13-,14-,15-,16+;/m1./s1. The van der Waals surface area contributed by atoms with Crippen molar-refractivity contribution in [3.05, 3.63) is 35.9 Å². The van der Waals surface area contributed by atoms with E-state index < -0.39 is 0 Å². The van der Waals surface area contributed by atoms with E-state index in [4.69, 9.17) is 0 Å². The summed E-state index contributed by atoms with van der Waals surface area (Å²) in [6.07, 6.45) is 3.54. The first-order valence-electron chi connectivity index (χ1n) is 6.96. The second kappa shape index (κ2) is 5.64. The molecule has 1 aromatic rings. The summed E-state index contributed by atoms with van der Waals surface area (Å²) in [4.78, 5) is 14.5. The summed E-state index contributed by atoms with van der Waals surface area (Å²) in [5.74, 6) is 0.988. The number of Topliss-reactive ketones (excluding diaryl/α,β-unsaturated/α-hetero) is 1. The fraction of sp³-hybridized carbons (Fsp3) is 0.562. The van der Waals surface area contributed by atoms with Crippen molar-refractivity contribution in [2.24, 2.45) is 5.92 Å². The van der Waals surface area contributed by atoms with Gasteiger partial charge < -0.3 is 0 Å². The van der Waals surface area contributed by atoms with E-state index in [-0.39, 0.29) is 18.3 Å². The number of hydrogen-bond acceptors (Lipinski definition) is 2. The maximum Gasteiger partial charge on any atom is 0.133 e. The lowest BCUT2D eigenvalue weighted by atomic mass is 9.74. The first kappa shape index (κ1) is 14.5. The average Bonchev–Trinajstić information content (AvgIpc) is 2.63. The highest BCUT2D eigenvalue weighted by atomic mass is 35.5. The molecule has 2 heterocycles. The number of fused-ring (bicyclic) bond motifs is 2. The van der Waals surface area contributed by atoms with Crippen LogP contribution in [-0.4, -0.2) is 29.8 Å². The Balaban J connectivity index is 0.00000133. The number of benzene rings is 1. The van der Waals surface area contributed by atoms with Gasteiger partial charge in [0.2, 0.25) is 0 Å². The molecule has 0 aromatic heterocycles. The second-order valence-electron chi connectivity index (χ2n) is 5.85. The van der Waals surface area contributed by atoms with Gasteiger partial charge in [-0.05, 0) is 38.8 Å². The monoisotopic (exact) mass is 279 g/mol. The molecule has 1 aromatic carbocycles. The zero-order valence-electron chi connectivity index (χ0n) is 11.6. The smallest absolute Gasteiger partial charge is 0.133 e. The number of carbonyl (C=O) groups excluding carboxylic acids is 1. The molecule has 0 unspecified atom stereocenters. The lowest BCUT2D eigenvalue weighted by Gasteiger charge is -2.42. The molecule has 0 radical (unpaired) electrons. The third-order valence-electron chi connectivity index (χ3n) is 4.98. The molecule has 2 bridgehead atoms. The van der Waals surface area contributed by atoms with Crippen LogP contribution < -0.4 is 0 Å². The van der Waals surface area contributed by atoms with Crippen molar-refractivity contribution >= 4 is 18.2 Å². The third-order valence-corrected chi connectivity index (χ3v) is 4.98. The van der Waals surface area contributed by atoms with Gasteiger partial charge in [-0.25, -0.2) is 0 Å². The van der Waals surface area contributed by atoms with Crippen molar-refractivity contribution in [3.63, 3.8) is 0 Å². The molecule has 19 heavy (non-hydrogen) atoms. The van der Waals surface area contributed by atoms with Crippen LogP contribution in [0, 0.1) is 5.92 Å². The van der Waals surface area contributed by atoms with Gasteiger partial charge in [-0.15, -0.1) is 12.4 Å². The largest absolute Gasteiger partial charge is 0.300 e. The SMILES string of the molecule is CC(=O)[C@H]1C[C@H]2CC[C@H]([C@H]1c1ccccc1)N2C.Cl. The Morgan fingerprint density at radius 2 is 1.89 bits per heavy atom. The molecule has 0 N–H and O–H groups in total. The highest BCUT2D eigenvalue weighted by Gasteiger charge is 2.47.